The van der Waals surface area contributed by atoms with E-state index in [1.807, 2.05) is 37.5 Å². The number of rotatable bonds is 5. The molecule has 3 aromatic rings. The zero-order chi connectivity index (χ0) is 18.3. The smallest absolute Gasteiger partial charge is 0.268 e. The van der Waals surface area contributed by atoms with Crippen LogP contribution in [0.4, 0.5) is 0 Å². The minimum Gasteiger partial charge on any atom is -0.497 e. The van der Waals surface area contributed by atoms with Gasteiger partial charge in [-0.15, -0.1) is 0 Å². The highest BCUT2D eigenvalue weighted by Crippen LogP contribution is 2.38. The molecule has 1 aromatic carbocycles. The van der Waals surface area contributed by atoms with Gasteiger partial charge in [0.1, 0.15) is 11.4 Å². The lowest BCUT2D eigenvalue weighted by atomic mass is 9.75. The van der Waals surface area contributed by atoms with Gasteiger partial charge in [0, 0.05) is 29.7 Å². The van der Waals surface area contributed by atoms with Crippen LogP contribution in [0, 0.1) is 5.92 Å². The SMILES string of the molecule is COc1ccc2[nH]c(C(=O)NC(c3cnn(C)c3)C3CC(O)C3)cc2c1. The molecule has 1 saturated carbocycles. The summed E-state index contributed by atoms with van der Waals surface area (Å²) in [6, 6.07) is 7.30. The normalized spacial score (nSPS) is 20.6. The summed E-state index contributed by atoms with van der Waals surface area (Å²) in [5.74, 6) is 0.790. The minimum absolute atomic E-state index is 0.166. The van der Waals surface area contributed by atoms with Crippen LogP contribution in [0.1, 0.15) is 34.9 Å². The molecule has 0 radical (unpaired) electrons. The summed E-state index contributed by atoms with van der Waals surface area (Å²) >= 11 is 0. The van der Waals surface area contributed by atoms with Gasteiger partial charge in [0.2, 0.25) is 0 Å². The van der Waals surface area contributed by atoms with E-state index in [0.717, 1.165) is 22.2 Å². The van der Waals surface area contributed by atoms with Crippen LogP contribution in [0.3, 0.4) is 0 Å². The minimum atomic E-state index is -0.281. The Labute approximate surface area is 151 Å². The number of methoxy groups -OCH3 is 1. The van der Waals surface area contributed by atoms with Crippen molar-refractivity contribution in [3.05, 3.63) is 47.9 Å². The van der Waals surface area contributed by atoms with Gasteiger partial charge in [-0.1, -0.05) is 0 Å². The second kappa shape index (κ2) is 6.49. The van der Waals surface area contributed by atoms with Gasteiger partial charge in [-0.2, -0.15) is 5.10 Å². The van der Waals surface area contributed by atoms with E-state index >= 15 is 0 Å². The number of ether oxygens (including phenoxy) is 1. The first kappa shape index (κ1) is 16.7. The Morgan fingerprint density at radius 3 is 2.88 bits per heavy atom. The zero-order valence-corrected chi connectivity index (χ0v) is 14.8. The largest absolute Gasteiger partial charge is 0.497 e. The summed E-state index contributed by atoms with van der Waals surface area (Å²) in [7, 11) is 3.47. The predicted molar refractivity (Wildman–Crippen MR) is 97.0 cm³/mol. The summed E-state index contributed by atoms with van der Waals surface area (Å²) in [6.45, 7) is 0. The van der Waals surface area contributed by atoms with E-state index in [1.54, 1.807) is 18.0 Å². The van der Waals surface area contributed by atoms with Crippen LogP contribution in [0.5, 0.6) is 5.75 Å². The third-order valence-electron chi connectivity index (χ3n) is 5.06. The molecule has 0 bridgehead atoms. The van der Waals surface area contributed by atoms with Crippen LogP contribution in [0.25, 0.3) is 10.9 Å². The molecule has 3 N–H and O–H groups in total. The maximum atomic E-state index is 12.8. The number of nitrogens with one attached hydrogen (secondary N) is 2. The lowest BCUT2D eigenvalue weighted by Crippen LogP contribution is -2.41. The van der Waals surface area contributed by atoms with Crippen LogP contribution in [-0.2, 0) is 7.05 Å². The fraction of sp³-hybridized carbons (Fsp3) is 0.368. The molecule has 0 spiro atoms. The van der Waals surface area contributed by atoms with Crippen molar-refractivity contribution >= 4 is 16.8 Å². The van der Waals surface area contributed by atoms with E-state index < -0.39 is 0 Å². The summed E-state index contributed by atoms with van der Waals surface area (Å²) in [6.07, 6.45) is 4.77. The monoisotopic (exact) mass is 354 g/mol. The Balaban J connectivity index is 1.58. The zero-order valence-electron chi connectivity index (χ0n) is 14.8. The summed E-state index contributed by atoms with van der Waals surface area (Å²) in [5.41, 5.74) is 2.34. The standard InChI is InChI=1S/C19H22N4O3/c1-23-10-13(9-20-23)18(12-5-14(24)6-12)22-19(25)17-8-11-7-15(26-2)3-4-16(11)21-17/h3-4,7-10,12,14,18,21,24H,5-6H2,1-2H3,(H,22,25). The van der Waals surface area contributed by atoms with Crippen LogP contribution in [-0.4, -0.2) is 39.0 Å². The molecule has 136 valence electrons. The Bertz CT molecular complexity index is 939. The van der Waals surface area contributed by atoms with Gasteiger partial charge in [-0.3, -0.25) is 9.48 Å². The van der Waals surface area contributed by atoms with E-state index in [4.69, 9.17) is 4.74 Å². The van der Waals surface area contributed by atoms with Gasteiger partial charge in [-0.25, -0.2) is 0 Å². The van der Waals surface area contributed by atoms with Crippen LogP contribution in [0.2, 0.25) is 0 Å². The highest BCUT2D eigenvalue weighted by atomic mass is 16.5. The molecule has 4 rings (SSSR count). The third-order valence-corrected chi connectivity index (χ3v) is 5.06. The molecule has 0 saturated heterocycles. The van der Waals surface area contributed by atoms with Gasteiger partial charge in [0.05, 0.1) is 25.5 Å². The number of H-pyrrole nitrogens is 1. The van der Waals surface area contributed by atoms with Crippen LogP contribution >= 0.6 is 0 Å². The van der Waals surface area contributed by atoms with E-state index in [9.17, 15) is 9.90 Å². The van der Waals surface area contributed by atoms with Crippen molar-refractivity contribution in [3.63, 3.8) is 0 Å². The molecule has 1 aliphatic carbocycles. The fourth-order valence-corrected chi connectivity index (χ4v) is 3.56. The number of amides is 1. The average Bonchev–Trinajstić information content (AvgIpc) is 3.22. The van der Waals surface area contributed by atoms with Gasteiger partial charge >= 0.3 is 0 Å². The molecule has 0 aliphatic heterocycles. The molecule has 2 heterocycles. The maximum absolute atomic E-state index is 12.8. The van der Waals surface area contributed by atoms with E-state index in [-0.39, 0.29) is 24.0 Å². The number of nitrogens with zero attached hydrogens (tertiary/aromatic N) is 2. The number of aromatic amines is 1. The number of aliphatic hydroxyl groups is 1. The van der Waals surface area contributed by atoms with E-state index in [1.165, 1.54) is 0 Å². The van der Waals surface area contributed by atoms with Crippen molar-refractivity contribution in [3.8, 4) is 5.75 Å². The molecule has 2 aromatic heterocycles. The number of hydrogen-bond acceptors (Lipinski definition) is 4. The summed E-state index contributed by atoms with van der Waals surface area (Å²) in [4.78, 5) is 16.0. The van der Waals surface area contributed by atoms with Crippen molar-refractivity contribution in [1.82, 2.24) is 20.1 Å². The Kier molecular flexibility index (Phi) is 4.16. The molecule has 7 heteroatoms. The molecule has 1 fully saturated rings. The quantitative estimate of drug-likeness (QED) is 0.655. The second-order valence-corrected chi connectivity index (χ2v) is 6.92. The van der Waals surface area contributed by atoms with Crippen molar-refractivity contribution in [1.29, 1.82) is 0 Å². The molecule has 1 amide bonds. The fourth-order valence-electron chi connectivity index (χ4n) is 3.56. The number of benzene rings is 1. The number of hydrogen-bond donors (Lipinski definition) is 3. The number of carbonyl (C=O) groups is 1. The van der Waals surface area contributed by atoms with Gasteiger partial charge < -0.3 is 20.1 Å². The van der Waals surface area contributed by atoms with Crippen molar-refractivity contribution in [2.45, 2.75) is 25.0 Å². The summed E-state index contributed by atoms with van der Waals surface area (Å²) < 4.78 is 6.95. The van der Waals surface area contributed by atoms with Gasteiger partial charge in [0.15, 0.2) is 0 Å². The van der Waals surface area contributed by atoms with Gasteiger partial charge in [0.25, 0.3) is 5.91 Å². The number of carbonyl (C=O) groups excluding carboxylic acids is 1. The first-order valence-corrected chi connectivity index (χ1v) is 8.67. The van der Waals surface area contributed by atoms with Crippen molar-refractivity contribution in [2.24, 2.45) is 13.0 Å². The molecule has 7 nitrogen and oxygen atoms in total. The van der Waals surface area contributed by atoms with Crippen LogP contribution in [0.15, 0.2) is 36.7 Å². The lowest BCUT2D eigenvalue weighted by molar-refractivity contribution is 0.0234. The molecular weight excluding hydrogens is 332 g/mol. The van der Waals surface area contributed by atoms with Crippen molar-refractivity contribution in [2.75, 3.05) is 7.11 Å². The summed E-state index contributed by atoms with van der Waals surface area (Å²) in [5, 5.41) is 17.9. The Morgan fingerprint density at radius 2 is 2.23 bits per heavy atom. The first-order valence-electron chi connectivity index (χ1n) is 8.67. The number of aromatic nitrogens is 3. The first-order chi connectivity index (χ1) is 12.5. The number of aliphatic hydroxyl groups excluding tert-OH is 1. The van der Waals surface area contributed by atoms with E-state index in [0.29, 0.717) is 18.5 Å². The maximum Gasteiger partial charge on any atom is 0.268 e. The Hall–Kier alpha value is -2.80. The highest BCUT2D eigenvalue weighted by Gasteiger charge is 2.36. The topological polar surface area (TPSA) is 92.2 Å². The van der Waals surface area contributed by atoms with E-state index in [2.05, 4.69) is 15.4 Å². The highest BCUT2D eigenvalue weighted by molar-refractivity contribution is 5.98. The van der Waals surface area contributed by atoms with Crippen molar-refractivity contribution < 1.29 is 14.6 Å². The predicted octanol–water partition coefficient (Wildman–Crippen LogP) is 2.15. The molecular formula is C19H22N4O3. The van der Waals surface area contributed by atoms with Crippen LogP contribution < -0.4 is 10.1 Å². The molecule has 26 heavy (non-hydrogen) atoms. The Morgan fingerprint density at radius 1 is 1.42 bits per heavy atom. The number of aryl methyl sites for hydroxylation is 1. The molecule has 1 unspecified atom stereocenters. The average molecular weight is 354 g/mol. The second-order valence-electron chi connectivity index (χ2n) is 6.92. The molecule has 1 atom stereocenters. The third kappa shape index (κ3) is 3.06. The molecule has 1 aliphatic rings. The van der Waals surface area contributed by atoms with Gasteiger partial charge in [-0.05, 0) is 43.0 Å². The number of fused-ring (bicyclic) bond motifs is 1. The lowest BCUT2D eigenvalue weighted by Gasteiger charge is -2.37.